The van der Waals surface area contributed by atoms with Gasteiger partial charge in [-0.2, -0.15) is 9.50 Å². The summed E-state index contributed by atoms with van der Waals surface area (Å²) in [7, 11) is 0. The van der Waals surface area contributed by atoms with Crippen LogP contribution in [0.4, 0.5) is 5.13 Å². The molecule has 0 aromatic carbocycles. The van der Waals surface area contributed by atoms with Crippen molar-refractivity contribution >= 4 is 28.2 Å². The molecule has 3 rings (SSSR count). The third-order valence-corrected chi connectivity index (χ3v) is 3.57. The number of nitrogens with one attached hydrogen (secondary N) is 2. The fourth-order valence-corrected chi connectivity index (χ4v) is 2.55. The Labute approximate surface area is 122 Å². The first-order chi connectivity index (χ1) is 10.0. The van der Waals surface area contributed by atoms with Gasteiger partial charge in [-0.05, 0) is 13.8 Å². The third-order valence-electron chi connectivity index (χ3n) is 2.70. The van der Waals surface area contributed by atoms with Crippen molar-refractivity contribution in [2.45, 2.75) is 20.3 Å². The van der Waals surface area contributed by atoms with Crippen molar-refractivity contribution < 1.29 is 4.79 Å². The fourth-order valence-electron chi connectivity index (χ4n) is 1.84. The highest BCUT2D eigenvalue weighted by Gasteiger charge is 2.11. The van der Waals surface area contributed by atoms with E-state index < -0.39 is 0 Å². The Bertz CT molecular complexity index is 877. The minimum absolute atomic E-state index is 0.0144. The van der Waals surface area contributed by atoms with Crippen LogP contribution in [0.15, 0.2) is 16.2 Å². The molecule has 0 saturated carbocycles. The predicted octanol–water partition coefficient (Wildman–Crippen LogP) is 0.672. The van der Waals surface area contributed by atoms with E-state index in [1.54, 1.807) is 6.92 Å². The Balaban J connectivity index is 1.80. The second-order valence-electron chi connectivity index (χ2n) is 4.56. The second kappa shape index (κ2) is 5.09. The van der Waals surface area contributed by atoms with Gasteiger partial charge in [0.15, 0.2) is 5.13 Å². The van der Waals surface area contributed by atoms with Crippen LogP contribution in [0.1, 0.15) is 17.2 Å². The number of H-pyrrole nitrogens is 1. The molecule has 8 nitrogen and oxygen atoms in total. The molecule has 0 spiro atoms. The molecule has 0 atom stereocenters. The van der Waals surface area contributed by atoms with Crippen LogP contribution in [0.3, 0.4) is 0 Å². The normalized spacial score (nSPS) is 11.0. The highest BCUT2D eigenvalue weighted by Crippen LogP contribution is 2.14. The van der Waals surface area contributed by atoms with Crippen LogP contribution in [0.5, 0.6) is 0 Å². The number of hydrogen-bond acceptors (Lipinski definition) is 6. The van der Waals surface area contributed by atoms with Gasteiger partial charge in [-0.25, -0.2) is 9.97 Å². The molecule has 0 unspecified atom stereocenters. The van der Waals surface area contributed by atoms with Crippen LogP contribution >= 0.6 is 11.3 Å². The Morgan fingerprint density at radius 3 is 2.86 bits per heavy atom. The van der Waals surface area contributed by atoms with Crippen LogP contribution in [-0.2, 0) is 11.2 Å². The molecule has 1 amide bonds. The summed E-state index contributed by atoms with van der Waals surface area (Å²) in [6.07, 6.45) is 0.0144. The van der Waals surface area contributed by atoms with Gasteiger partial charge in [-0.15, -0.1) is 11.3 Å². The lowest BCUT2D eigenvalue weighted by Crippen LogP contribution is -2.16. The van der Waals surface area contributed by atoms with Crippen molar-refractivity contribution in [1.82, 2.24) is 24.6 Å². The van der Waals surface area contributed by atoms with Crippen molar-refractivity contribution in [1.29, 1.82) is 0 Å². The first-order valence-electron chi connectivity index (χ1n) is 6.18. The van der Waals surface area contributed by atoms with Gasteiger partial charge in [0.05, 0.1) is 12.1 Å². The Hall–Kier alpha value is -2.55. The molecule has 9 heteroatoms. The van der Waals surface area contributed by atoms with Crippen molar-refractivity contribution in [3.05, 3.63) is 39.0 Å². The Morgan fingerprint density at radius 2 is 2.14 bits per heavy atom. The maximum atomic E-state index is 11.9. The zero-order valence-electron chi connectivity index (χ0n) is 11.4. The topological polar surface area (TPSA) is 105 Å². The van der Waals surface area contributed by atoms with E-state index in [4.69, 9.17) is 0 Å². The van der Waals surface area contributed by atoms with Gasteiger partial charge in [0, 0.05) is 17.1 Å². The van der Waals surface area contributed by atoms with Crippen molar-refractivity contribution in [2.75, 3.05) is 5.32 Å². The van der Waals surface area contributed by atoms with Gasteiger partial charge in [-0.3, -0.25) is 14.7 Å². The lowest BCUT2D eigenvalue weighted by atomic mass is 10.4. The molecule has 3 aromatic rings. The average molecular weight is 304 g/mol. The molecule has 0 saturated heterocycles. The second-order valence-corrected chi connectivity index (χ2v) is 5.42. The molecule has 0 aliphatic carbocycles. The van der Waals surface area contributed by atoms with E-state index in [1.807, 2.05) is 12.3 Å². The number of anilines is 1. The van der Waals surface area contributed by atoms with E-state index in [1.165, 1.54) is 21.9 Å². The number of carbonyl (C=O) groups excluding carboxylic acids is 1. The molecule has 108 valence electrons. The highest BCUT2D eigenvalue weighted by molar-refractivity contribution is 7.13. The van der Waals surface area contributed by atoms with E-state index in [-0.39, 0.29) is 23.7 Å². The maximum absolute atomic E-state index is 11.9. The van der Waals surface area contributed by atoms with Gasteiger partial charge >= 0.3 is 0 Å². The number of nitrogens with zero attached hydrogens (tertiary/aromatic N) is 4. The van der Waals surface area contributed by atoms with Crippen LogP contribution < -0.4 is 10.9 Å². The van der Waals surface area contributed by atoms with E-state index in [0.717, 1.165) is 5.69 Å². The van der Waals surface area contributed by atoms with Gasteiger partial charge in [-0.1, -0.05) is 0 Å². The third kappa shape index (κ3) is 2.82. The number of thiazole rings is 1. The van der Waals surface area contributed by atoms with Crippen LogP contribution in [0.2, 0.25) is 0 Å². The lowest BCUT2D eigenvalue weighted by Gasteiger charge is -1.98. The first kappa shape index (κ1) is 13.4. The molecule has 0 fully saturated rings. The molecule has 3 aromatic heterocycles. The zero-order chi connectivity index (χ0) is 15.0. The quantitative estimate of drug-likeness (QED) is 0.740. The van der Waals surface area contributed by atoms with Gasteiger partial charge in [0.25, 0.3) is 11.3 Å². The fraction of sp³-hybridized carbons (Fsp3) is 0.250. The molecular weight excluding hydrogens is 292 g/mol. The van der Waals surface area contributed by atoms with Gasteiger partial charge in [0.2, 0.25) is 5.91 Å². The number of hydrogen-bond donors (Lipinski definition) is 2. The maximum Gasteiger partial charge on any atom is 0.274 e. The molecule has 2 N–H and O–H groups in total. The number of aromatic amines is 1. The zero-order valence-corrected chi connectivity index (χ0v) is 12.2. The molecule has 3 heterocycles. The summed E-state index contributed by atoms with van der Waals surface area (Å²) in [6.45, 7) is 3.57. The molecular formula is C12H12N6O2S. The number of rotatable bonds is 3. The predicted molar refractivity (Wildman–Crippen MR) is 77.5 cm³/mol. The van der Waals surface area contributed by atoms with Crippen LogP contribution in [-0.4, -0.2) is 30.5 Å². The summed E-state index contributed by atoms with van der Waals surface area (Å²) in [5.41, 5.74) is 1.18. The minimum Gasteiger partial charge on any atom is -0.302 e. The summed E-state index contributed by atoms with van der Waals surface area (Å²) in [4.78, 5) is 36.1. The summed E-state index contributed by atoms with van der Waals surface area (Å²) in [6, 6.07) is 1.40. The highest BCUT2D eigenvalue weighted by atomic mass is 32.1. The van der Waals surface area contributed by atoms with Crippen LogP contribution in [0.25, 0.3) is 5.78 Å². The van der Waals surface area contributed by atoms with Crippen LogP contribution in [0, 0.1) is 13.8 Å². The SMILES string of the molecule is Cc1csc(NC(=O)Cc2nc3nc(C)cc(=O)n3[nH]2)n1. The number of carbonyl (C=O) groups is 1. The number of aryl methyl sites for hydroxylation is 2. The number of amides is 1. The Kier molecular flexibility index (Phi) is 3.26. The molecule has 0 radical (unpaired) electrons. The van der Waals surface area contributed by atoms with Crippen molar-refractivity contribution in [3.63, 3.8) is 0 Å². The summed E-state index contributed by atoms with van der Waals surface area (Å²) >= 11 is 1.36. The lowest BCUT2D eigenvalue weighted by molar-refractivity contribution is -0.115. The monoisotopic (exact) mass is 304 g/mol. The molecule has 0 aliphatic rings. The summed E-state index contributed by atoms with van der Waals surface area (Å²) in [5.74, 6) is 0.372. The Morgan fingerprint density at radius 1 is 1.33 bits per heavy atom. The molecule has 0 aliphatic heterocycles. The van der Waals surface area contributed by atoms with Crippen molar-refractivity contribution in [2.24, 2.45) is 0 Å². The smallest absolute Gasteiger partial charge is 0.274 e. The van der Waals surface area contributed by atoms with Gasteiger partial charge < -0.3 is 5.32 Å². The number of aromatic nitrogens is 5. The average Bonchev–Trinajstić information content (AvgIpc) is 2.95. The first-order valence-corrected chi connectivity index (χ1v) is 7.06. The minimum atomic E-state index is -0.257. The standard InChI is InChI=1S/C12H12N6O2S/c1-6-3-10(20)18-11(13-6)15-8(17-18)4-9(19)16-12-14-7(2)5-21-12/h3,5H,4H2,1-2H3,(H,13,15,17)(H,14,16,19). The van der Waals surface area contributed by atoms with E-state index >= 15 is 0 Å². The molecule has 0 bridgehead atoms. The largest absolute Gasteiger partial charge is 0.302 e. The van der Waals surface area contributed by atoms with Crippen molar-refractivity contribution in [3.8, 4) is 0 Å². The van der Waals surface area contributed by atoms with E-state index in [0.29, 0.717) is 16.6 Å². The van der Waals surface area contributed by atoms with E-state index in [2.05, 4.69) is 25.4 Å². The van der Waals surface area contributed by atoms with E-state index in [9.17, 15) is 9.59 Å². The summed E-state index contributed by atoms with van der Waals surface area (Å²) in [5, 5.41) is 7.84. The number of fused-ring (bicyclic) bond motifs is 1. The molecule has 21 heavy (non-hydrogen) atoms. The van der Waals surface area contributed by atoms with Gasteiger partial charge in [0.1, 0.15) is 5.82 Å². The summed E-state index contributed by atoms with van der Waals surface area (Å²) < 4.78 is 1.21.